The van der Waals surface area contributed by atoms with Crippen LogP contribution in [0.2, 0.25) is 0 Å². The first kappa shape index (κ1) is 10.4. The van der Waals surface area contributed by atoms with Crippen LogP contribution in [0.25, 0.3) is 0 Å². The van der Waals surface area contributed by atoms with Gasteiger partial charge in [-0.3, -0.25) is 4.79 Å². The van der Waals surface area contributed by atoms with E-state index < -0.39 is 0 Å². The molecule has 2 nitrogen and oxygen atoms in total. The third kappa shape index (κ3) is 2.48. The van der Waals surface area contributed by atoms with Crippen LogP contribution in [-0.4, -0.2) is 5.78 Å². The Morgan fingerprint density at radius 1 is 1.40 bits per heavy atom. The average Bonchev–Trinajstić information content (AvgIpc) is 2.72. The van der Waals surface area contributed by atoms with Crippen molar-refractivity contribution in [1.29, 1.82) is 0 Å². The molecule has 0 fully saturated rings. The van der Waals surface area contributed by atoms with Gasteiger partial charge in [-0.15, -0.1) is 11.3 Å². The van der Waals surface area contributed by atoms with Gasteiger partial charge >= 0.3 is 0 Å². The van der Waals surface area contributed by atoms with Crippen molar-refractivity contribution in [3.05, 3.63) is 33.2 Å². The molecule has 0 unspecified atom stereocenters. The van der Waals surface area contributed by atoms with E-state index in [4.69, 9.17) is 0 Å². The summed E-state index contributed by atoms with van der Waals surface area (Å²) in [6.07, 6.45) is 3.28. The van der Waals surface area contributed by atoms with Crippen molar-refractivity contribution in [2.45, 2.75) is 33.2 Å². The van der Waals surface area contributed by atoms with Gasteiger partial charge in [0.25, 0.3) is 0 Å². The van der Waals surface area contributed by atoms with E-state index >= 15 is 0 Å². The van der Waals surface area contributed by atoms with E-state index in [2.05, 4.69) is 25.2 Å². The summed E-state index contributed by atoms with van der Waals surface area (Å²) in [5, 5.41) is 3.32. The Kier molecular flexibility index (Phi) is 2.91. The summed E-state index contributed by atoms with van der Waals surface area (Å²) in [6.45, 7) is 5.12. The van der Waals surface area contributed by atoms with Gasteiger partial charge in [0.05, 0.1) is 0 Å². The Bertz CT molecular complexity index is 398. The smallest absolute Gasteiger partial charge is 0.157 e. The molecule has 3 heteroatoms. The maximum Gasteiger partial charge on any atom is 0.157 e. The number of nitrogens with one attached hydrogen (secondary N) is 1. The molecule has 2 rings (SSSR count). The van der Waals surface area contributed by atoms with Crippen LogP contribution in [0.4, 0.5) is 0 Å². The molecule has 0 spiro atoms. The fourth-order valence-electron chi connectivity index (χ4n) is 1.67. The molecule has 1 aliphatic carbocycles. The van der Waals surface area contributed by atoms with Gasteiger partial charge in [0.2, 0.25) is 0 Å². The molecule has 1 aromatic heterocycles. The van der Waals surface area contributed by atoms with Crippen LogP contribution >= 0.6 is 11.3 Å². The highest BCUT2D eigenvalue weighted by molar-refractivity contribution is 7.12. The molecular weight excluding hydrogens is 206 g/mol. The molecule has 1 N–H and O–H groups in total. The number of aryl methyl sites for hydroxylation is 2. The Morgan fingerprint density at radius 3 is 2.73 bits per heavy atom. The highest BCUT2D eigenvalue weighted by Gasteiger charge is 2.11. The lowest BCUT2D eigenvalue weighted by Gasteiger charge is -2.03. The lowest BCUT2D eigenvalue weighted by Crippen LogP contribution is -2.09. The summed E-state index contributed by atoms with van der Waals surface area (Å²) in [4.78, 5) is 13.7. The van der Waals surface area contributed by atoms with Crippen molar-refractivity contribution in [3.8, 4) is 0 Å². The Hall–Kier alpha value is -1.09. The summed E-state index contributed by atoms with van der Waals surface area (Å²) in [5.74, 6) is 0.246. The van der Waals surface area contributed by atoms with Crippen molar-refractivity contribution in [1.82, 2.24) is 5.32 Å². The predicted octanol–water partition coefficient (Wildman–Crippen LogP) is 2.70. The zero-order valence-electron chi connectivity index (χ0n) is 9.09. The minimum Gasteiger partial charge on any atom is -0.383 e. The topological polar surface area (TPSA) is 29.1 Å². The summed E-state index contributed by atoms with van der Waals surface area (Å²) in [7, 11) is 0. The third-order valence-corrected chi connectivity index (χ3v) is 3.84. The maximum atomic E-state index is 11.0. The summed E-state index contributed by atoms with van der Waals surface area (Å²) < 4.78 is 0. The van der Waals surface area contributed by atoms with Crippen LogP contribution in [0.5, 0.6) is 0 Å². The van der Waals surface area contributed by atoms with E-state index in [1.54, 1.807) is 6.08 Å². The zero-order chi connectivity index (χ0) is 10.8. The number of carbonyl (C=O) groups is 1. The van der Waals surface area contributed by atoms with Gasteiger partial charge < -0.3 is 5.32 Å². The van der Waals surface area contributed by atoms with Gasteiger partial charge in [-0.1, -0.05) is 0 Å². The zero-order valence-corrected chi connectivity index (χ0v) is 9.91. The van der Waals surface area contributed by atoms with Crippen LogP contribution in [0.1, 0.15) is 28.2 Å². The highest BCUT2D eigenvalue weighted by atomic mass is 32.1. The number of ketones is 1. The quantitative estimate of drug-likeness (QED) is 0.850. The van der Waals surface area contributed by atoms with Gasteiger partial charge in [-0.2, -0.15) is 0 Å². The largest absolute Gasteiger partial charge is 0.383 e. The van der Waals surface area contributed by atoms with Crippen LogP contribution < -0.4 is 5.32 Å². The Balaban J connectivity index is 1.93. The molecule has 0 bridgehead atoms. The van der Waals surface area contributed by atoms with E-state index in [-0.39, 0.29) is 5.78 Å². The second-order valence-electron chi connectivity index (χ2n) is 3.94. The molecule has 0 saturated carbocycles. The first-order valence-electron chi connectivity index (χ1n) is 5.18. The average molecular weight is 221 g/mol. The number of carbonyl (C=O) groups excluding carboxylic acids is 1. The molecule has 0 atom stereocenters. The fourth-order valence-corrected chi connectivity index (χ4v) is 2.67. The SMILES string of the molecule is Cc1cc(CNC2=CC(=O)CC2)sc1C. The number of hydrogen-bond acceptors (Lipinski definition) is 3. The second-order valence-corrected chi connectivity index (χ2v) is 5.28. The highest BCUT2D eigenvalue weighted by Crippen LogP contribution is 2.21. The normalized spacial score (nSPS) is 15.6. The first-order valence-corrected chi connectivity index (χ1v) is 6.00. The molecule has 1 aromatic rings. The predicted molar refractivity (Wildman–Crippen MR) is 63.0 cm³/mol. The van der Waals surface area contributed by atoms with Gasteiger partial charge in [0.15, 0.2) is 5.78 Å². The molecule has 0 aromatic carbocycles. The Labute approximate surface area is 94.0 Å². The standard InChI is InChI=1S/C12H15NOS/c1-8-5-12(15-9(8)2)7-13-10-3-4-11(14)6-10/h5-6,13H,3-4,7H2,1-2H3. The molecule has 15 heavy (non-hydrogen) atoms. The molecule has 0 aliphatic heterocycles. The number of thiophene rings is 1. The summed E-state index contributed by atoms with van der Waals surface area (Å²) >= 11 is 1.82. The van der Waals surface area contributed by atoms with Gasteiger partial charge in [-0.05, 0) is 31.9 Å². The molecule has 80 valence electrons. The monoisotopic (exact) mass is 221 g/mol. The van der Waals surface area contributed by atoms with E-state index in [9.17, 15) is 4.79 Å². The van der Waals surface area contributed by atoms with Crippen molar-refractivity contribution in [3.63, 3.8) is 0 Å². The van der Waals surface area contributed by atoms with Crippen molar-refractivity contribution < 1.29 is 4.79 Å². The van der Waals surface area contributed by atoms with Crippen LogP contribution in [0, 0.1) is 13.8 Å². The van der Waals surface area contributed by atoms with Gasteiger partial charge in [-0.25, -0.2) is 0 Å². The van der Waals surface area contributed by atoms with Crippen LogP contribution in [0.15, 0.2) is 17.8 Å². The molecular formula is C12H15NOS. The maximum absolute atomic E-state index is 11.0. The number of rotatable bonds is 3. The number of hydrogen-bond donors (Lipinski definition) is 1. The molecule has 0 saturated heterocycles. The molecule has 0 radical (unpaired) electrons. The minimum atomic E-state index is 0.246. The van der Waals surface area contributed by atoms with Crippen molar-refractivity contribution in [2.75, 3.05) is 0 Å². The van der Waals surface area contributed by atoms with E-state index in [1.165, 1.54) is 15.3 Å². The lowest BCUT2D eigenvalue weighted by atomic mass is 10.3. The Morgan fingerprint density at radius 2 is 2.20 bits per heavy atom. The molecule has 1 aliphatic rings. The minimum absolute atomic E-state index is 0.246. The second kappa shape index (κ2) is 4.19. The summed E-state index contributed by atoms with van der Waals surface area (Å²) in [5.41, 5.74) is 2.44. The number of allylic oxidation sites excluding steroid dienone is 2. The van der Waals surface area contributed by atoms with E-state index in [0.29, 0.717) is 6.42 Å². The first-order chi connectivity index (χ1) is 7.15. The third-order valence-electron chi connectivity index (χ3n) is 2.68. The molecule has 0 amide bonds. The van der Waals surface area contributed by atoms with Gasteiger partial charge in [0.1, 0.15) is 0 Å². The van der Waals surface area contributed by atoms with Crippen LogP contribution in [0.3, 0.4) is 0 Å². The van der Waals surface area contributed by atoms with Crippen molar-refractivity contribution >= 4 is 17.1 Å². The van der Waals surface area contributed by atoms with Gasteiger partial charge in [0, 0.05) is 34.5 Å². The van der Waals surface area contributed by atoms with Crippen LogP contribution in [-0.2, 0) is 11.3 Å². The summed E-state index contributed by atoms with van der Waals surface area (Å²) in [6, 6.07) is 2.21. The van der Waals surface area contributed by atoms with Crippen molar-refractivity contribution in [2.24, 2.45) is 0 Å². The van der Waals surface area contributed by atoms with E-state index in [0.717, 1.165) is 18.7 Å². The van der Waals surface area contributed by atoms with E-state index in [1.807, 2.05) is 11.3 Å². The molecule has 1 heterocycles. The fraction of sp³-hybridized carbons (Fsp3) is 0.417. The lowest BCUT2D eigenvalue weighted by molar-refractivity contribution is -0.114.